The molecule has 1 aromatic rings. The van der Waals surface area contributed by atoms with Crippen LogP contribution in [0.3, 0.4) is 0 Å². The van der Waals surface area contributed by atoms with Crippen LogP contribution in [0, 0.1) is 0 Å². The van der Waals surface area contributed by atoms with Gasteiger partial charge in [0.2, 0.25) is 0 Å². The predicted octanol–water partition coefficient (Wildman–Crippen LogP) is 1.14. The van der Waals surface area contributed by atoms with Crippen molar-refractivity contribution in [1.29, 1.82) is 0 Å². The predicted molar refractivity (Wildman–Crippen MR) is 76.3 cm³/mol. The highest BCUT2D eigenvalue weighted by molar-refractivity contribution is 7.91. The van der Waals surface area contributed by atoms with E-state index in [9.17, 15) is 13.2 Å². The number of benzene rings is 1. The van der Waals surface area contributed by atoms with Crippen LogP contribution in [0.15, 0.2) is 24.3 Å². The van der Waals surface area contributed by atoms with Crippen LogP contribution in [0.1, 0.15) is 29.3 Å². The van der Waals surface area contributed by atoms with Crippen LogP contribution in [0.5, 0.6) is 0 Å². The molecular formula is C14H19NO4S. The van der Waals surface area contributed by atoms with Gasteiger partial charge in [0.25, 0.3) is 5.91 Å². The standard InChI is InChI=1S/C14H19NO4S/c1-14(6-7-20(17,18)10-14)15-13(16)12-5-3-4-11(8-12)9-19-2/h3-5,8H,6-7,9-10H2,1-2H3,(H,15,16). The lowest BCUT2D eigenvalue weighted by atomic mass is 10.0. The molecule has 1 unspecified atom stereocenters. The number of carbonyl (C=O) groups excluding carboxylic acids is 1. The second-order valence-corrected chi connectivity index (χ2v) is 7.67. The Hall–Kier alpha value is -1.40. The summed E-state index contributed by atoms with van der Waals surface area (Å²) in [6.07, 6.45) is 0.457. The fourth-order valence-corrected chi connectivity index (χ4v) is 4.52. The summed E-state index contributed by atoms with van der Waals surface area (Å²) in [5.41, 5.74) is 0.752. The molecule has 5 nitrogen and oxygen atoms in total. The summed E-state index contributed by atoms with van der Waals surface area (Å²) in [7, 11) is -1.44. The zero-order valence-electron chi connectivity index (χ0n) is 11.7. The molecule has 0 aliphatic carbocycles. The lowest BCUT2D eigenvalue weighted by Gasteiger charge is -2.24. The topological polar surface area (TPSA) is 72.5 Å². The molecule has 0 aromatic heterocycles. The number of carbonyl (C=O) groups is 1. The largest absolute Gasteiger partial charge is 0.380 e. The van der Waals surface area contributed by atoms with Crippen LogP contribution in [-0.4, -0.2) is 38.5 Å². The first-order valence-electron chi connectivity index (χ1n) is 6.44. The van der Waals surface area contributed by atoms with Crippen molar-refractivity contribution in [1.82, 2.24) is 5.32 Å². The quantitative estimate of drug-likeness (QED) is 0.904. The number of hydrogen-bond acceptors (Lipinski definition) is 4. The summed E-state index contributed by atoms with van der Waals surface area (Å²) in [6, 6.07) is 7.13. The normalized spacial score (nSPS) is 24.5. The van der Waals surface area contributed by atoms with Gasteiger partial charge in [0.05, 0.1) is 23.7 Å². The van der Waals surface area contributed by atoms with Gasteiger partial charge in [-0.2, -0.15) is 0 Å². The fraction of sp³-hybridized carbons (Fsp3) is 0.500. The Balaban J connectivity index is 2.11. The van der Waals surface area contributed by atoms with E-state index >= 15 is 0 Å². The Bertz CT molecular complexity index is 611. The zero-order valence-corrected chi connectivity index (χ0v) is 12.5. The van der Waals surface area contributed by atoms with Gasteiger partial charge in [-0.15, -0.1) is 0 Å². The molecule has 1 atom stereocenters. The number of rotatable bonds is 4. The van der Waals surface area contributed by atoms with Crippen LogP contribution < -0.4 is 5.32 Å². The molecule has 0 spiro atoms. The molecule has 0 bridgehead atoms. The van der Waals surface area contributed by atoms with Crippen molar-refractivity contribution in [2.75, 3.05) is 18.6 Å². The third kappa shape index (κ3) is 3.58. The van der Waals surface area contributed by atoms with E-state index in [-0.39, 0.29) is 17.4 Å². The van der Waals surface area contributed by atoms with Gasteiger partial charge in [0.1, 0.15) is 0 Å². The van der Waals surface area contributed by atoms with Crippen molar-refractivity contribution in [3.8, 4) is 0 Å². The molecule has 2 rings (SSSR count). The molecule has 1 saturated heterocycles. The van der Waals surface area contributed by atoms with Gasteiger partial charge in [-0.25, -0.2) is 8.42 Å². The second-order valence-electron chi connectivity index (χ2n) is 5.49. The van der Waals surface area contributed by atoms with E-state index in [0.29, 0.717) is 18.6 Å². The molecule has 1 aromatic carbocycles. The van der Waals surface area contributed by atoms with Crippen molar-refractivity contribution < 1.29 is 17.9 Å². The average molecular weight is 297 g/mol. The number of methoxy groups -OCH3 is 1. The van der Waals surface area contributed by atoms with Crippen LogP contribution in [0.4, 0.5) is 0 Å². The van der Waals surface area contributed by atoms with E-state index in [1.54, 1.807) is 32.2 Å². The Labute approximate surface area is 119 Å². The summed E-state index contributed by atoms with van der Waals surface area (Å²) in [6.45, 7) is 2.21. The summed E-state index contributed by atoms with van der Waals surface area (Å²) in [4.78, 5) is 12.2. The van der Waals surface area contributed by atoms with E-state index in [0.717, 1.165) is 5.56 Å². The van der Waals surface area contributed by atoms with E-state index in [1.165, 1.54) is 0 Å². The Morgan fingerprint density at radius 1 is 1.45 bits per heavy atom. The molecule has 6 heteroatoms. The molecule has 110 valence electrons. The minimum Gasteiger partial charge on any atom is -0.380 e. The Morgan fingerprint density at radius 3 is 2.80 bits per heavy atom. The molecule has 1 aliphatic heterocycles. The molecule has 1 amide bonds. The lowest BCUT2D eigenvalue weighted by molar-refractivity contribution is 0.0915. The molecule has 1 aliphatic rings. The minimum absolute atomic E-state index is 0.00347. The number of amides is 1. The van der Waals surface area contributed by atoms with E-state index in [2.05, 4.69) is 5.32 Å². The van der Waals surface area contributed by atoms with Gasteiger partial charge in [-0.1, -0.05) is 12.1 Å². The first kappa shape index (κ1) is 15.0. The molecule has 0 radical (unpaired) electrons. The Morgan fingerprint density at radius 2 is 2.20 bits per heavy atom. The summed E-state index contributed by atoms with van der Waals surface area (Å²) in [5, 5.41) is 2.84. The maximum absolute atomic E-state index is 12.2. The highest BCUT2D eigenvalue weighted by Gasteiger charge is 2.39. The smallest absolute Gasteiger partial charge is 0.251 e. The minimum atomic E-state index is -3.03. The molecule has 1 fully saturated rings. The number of ether oxygens (including phenoxy) is 1. The molecular weight excluding hydrogens is 278 g/mol. The number of sulfone groups is 1. The van der Waals surface area contributed by atoms with Gasteiger partial charge in [0.15, 0.2) is 9.84 Å². The van der Waals surface area contributed by atoms with Crippen molar-refractivity contribution in [2.24, 2.45) is 0 Å². The highest BCUT2D eigenvalue weighted by Crippen LogP contribution is 2.23. The summed E-state index contributed by atoms with van der Waals surface area (Å²) in [5.74, 6) is -0.112. The van der Waals surface area contributed by atoms with Crippen molar-refractivity contribution >= 4 is 15.7 Å². The summed E-state index contributed by atoms with van der Waals surface area (Å²) >= 11 is 0. The van der Waals surface area contributed by atoms with Crippen molar-refractivity contribution in [3.05, 3.63) is 35.4 Å². The van der Waals surface area contributed by atoms with Crippen molar-refractivity contribution in [2.45, 2.75) is 25.5 Å². The third-order valence-corrected chi connectivity index (χ3v) is 5.32. The van der Waals surface area contributed by atoms with E-state index < -0.39 is 15.4 Å². The van der Waals surface area contributed by atoms with E-state index in [1.807, 2.05) is 6.07 Å². The van der Waals surface area contributed by atoms with Gasteiger partial charge < -0.3 is 10.1 Å². The van der Waals surface area contributed by atoms with Crippen LogP contribution in [0.25, 0.3) is 0 Å². The fourth-order valence-electron chi connectivity index (χ4n) is 2.42. The number of hydrogen-bond donors (Lipinski definition) is 1. The Kier molecular flexibility index (Phi) is 4.15. The highest BCUT2D eigenvalue weighted by atomic mass is 32.2. The zero-order chi connectivity index (χ0) is 14.8. The van der Waals surface area contributed by atoms with Crippen molar-refractivity contribution in [3.63, 3.8) is 0 Å². The maximum atomic E-state index is 12.2. The maximum Gasteiger partial charge on any atom is 0.251 e. The van der Waals surface area contributed by atoms with Gasteiger partial charge in [-0.3, -0.25) is 4.79 Å². The second kappa shape index (κ2) is 5.54. The van der Waals surface area contributed by atoms with Crippen LogP contribution in [-0.2, 0) is 21.2 Å². The van der Waals surface area contributed by atoms with E-state index in [4.69, 9.17) is 4.74 Å². The van der Waals surface area contributed by atoms with Gasteiger partial charge >= 0.3 is 0 Å². The summed E-state index contributed by atoms with van der Waals surface area (Å²) < 4.78 is 28.1. The van der Waals surface area contributed by atoms with Gasteiger partial charge in [0, 0.05) is 12.7 Å². The number of nitrogens with one attached hydrogen (secondary N) is 1. The molecule has 20 heavy (non-hydrogen) atoms. The third-order valence-electron chi connectivity index (χ3n) is 3.42. The molecule has 1 N–H and O–H groups in total. The SMILES string of the molecule is COCc1cccc(C(=O)NC2(C)CCS(=O)(=O)C2)c1. The van der Waals surface area contributed by atoms with Crippen LogP contribution in [0.2, 0.25) is 0 Å². The lowest BCUT2D eigenvalue weighted by Crippen LogP contribution is -2.46. The average Bonchev–Trinajstić information content (AvgIpc) is 2.64. The molecule has 0 saturated carbocycles. The molecule has 1 heterocycles. The van der Waals surface area contributed by atoms with Crippen LogP contribution >= 0.6 is 0 Å². The van der Waals surface area contributed by atoms with Gasteiger partial charge in [-0.05, 0) is 31.0 Å². The first-order chi connectivity index (χ1) is 9.34. The first-order valence-corrected chi connectivity index (χ1v) is 8.27. The monoisotopic (exact) mass is 297 g/mol.